The molecule has 10 heteroatoms. The Morgan fingerprint density at radius 2 is 1.46 bits per heavy atom. The molecule has 2 saturated carbocycles. The van der Waals surface area contributed by atoms with Crippen LogP contribution in [0.25, 0.3) is 0 Å². The Morgan fingerprint density at radius 3 is 1.98 bits per heavy atom. The molecule has 0 radical (unpaired) electrons. The van der Waals surface area contributed by atoms with Gasteiger partial charge < -0.3 is 35.7 Å². The van der Waals surface area contributed by atoms with Crippen molar-refractivity contribution in [3.63, 3.8) is 0 Å². The third kappa shape index (κ3) is 7.31. The third-order valence-corrected chi connectivity index (χ3v) is 11.7. The molecule has 1 unspecified atom stereocenters. The van der Waals surface area contributed by atoms with Gasteiger partial charge >= 0.3 is 11.9 Å². The van der Waals surface area contributed by atoms with Crippen molar-refractivity contribution in [2.75, 3.05) is 6.61 Å². The molecule has 4 aliphatic carbocycles. The van der Waals surface area contributed by atoms with E-state index in [0.29, 0.717) is 23.5 Å². The lowest BCUT2D eigenvalue weighted by atomic mass is 9.59. The minimum atomic E-state index is -1.84. The number of unbranched alkanes of at least 4 members (excludes halogenated alkanes) is 8. The highest BCUT2D eigenvalue weighted by Crippen LogP contribution is 2.74. The molecule has 4 rings (SSSR count). The van der Waals surface area contributed by atoms with Crippen molar-refractivity contribution in [2.45, 2.75) is 141 Å². The fourth-order valence-electron chi connectivity index (χ4n) is 8.85. The molecule has 0 aromatic rings. The number of carbonyl (C=O) groups is 3. The van der Waals surface area contributed by atoms with E-state index in [1.165, 1.54) is 32.1 Å². The number of hydrogen-bond donors (Lipinski definition) is 7. The lowest BCUT2D eigenvalue weighted by molar-refractivity contribution is -0.209. The standard InChI is InChI=1S/C20H28O6.C16H30O4/c1-9-5-13-18(24,15(9)22)7-11(8-21)6-12-14-17(3,4)20(14,26)16(23)10(2)19(12,13)25;1-14(13-16(19)20)11-9-7-5-3-2-4-6-8-10-12-15(17)18/h5-6,10,12-14,16,21,23-26H,7-8H2,1-4H3;14H,2-13H2,1H3,(H,17,18)(H,19,20)/t10-,12+,13-,14-,16-,18+,19+,20+;/m1./s1. The molecule has 0 aliphatic heterocycles. The molecule has 7 N–H and O–H groups in total. The monoisotopic (exact) mass is 650 g/mol. The minimum Gasteiger partial charge on any atom is -0.481 e. The van der Waals surface area contributed by atoms with E-state index in [1.54, 1.807) is 26.0 Å². The van der Waals surface area contributed by atoms with Crippen LogP contribution in [0.4, 0.5) is 0 Å². The van der Waals surface area contributed by atoms with Crippen LogP contribution in [0.1, 0.15) is 118 Å². The summed E-state index contributed by atoms with van der Waals surface area (Å²) in [5, 5.41) is 72.1. The minimum absolute atomic E-state index is 0.0615. The second-order valence-electron chi connectivity index (χ2n) is 15.2. The molecule has 262 valence electrons. The van der Waals surface area contributed by atoms with Gasteiger partial charge in [0.05, 0.1) is 18.3 Å². The average Bonchev–Trinajstić information content (AvgIpc) is 3.37. The van der Waals surface area contributed by atoms with Gasteiger partial charge in [-0.2, -0.15) is 0 Å². The van der Waals surface area contributed by atoms with Crippen molar-refractivity contribution in [2.24, 2.45) is 35.0 Å². The normalized spacial score (nSPS) is 36.1. The molecule has 46 heavy (non-hydrogen) atoms. The molecular formula is C36H58O10. The number of carbonyl (C=O) groups excluding carboxylic acids is 1. The van der Waals surface area contributed by atoms with Gasteiger partial charge in [0, 0.05) is 48.3 Å². The fourth-order valence-corrected chi connectivity index (χ4v) is 8.85. The second kappa shape index (κ2) is 15.0. The molecule has 10 nitrogen and oxygen atoms in total. The average molecular weight is 651 g/mol. The van der Waals surface area contributed by atoms with Crippen molar-refractivity contribution in [1.82, 2.24) is 0 Å². The Balaban J connectivity index is 0.000000262. The summed E-state index contributed by atoms with van der Waals surface area (Å²) in [6.45, 7) is 8.64. The van der Waals surface area contributed by atoms with E-state index in [1.807, 2.05) is 20.8 Å². The number of carboxylic acid groups (broad SMARTS) is 2. The van der Waals surface area contributed by atoms with E-state index in [9.17, 15) is 39.9 Å². The zero-order valence-electron chi connectivity index (χ0n) is 28.4. The predicted molar refractivity (Wildman–Crippen MR) is 173 cm³/mol. The molecule has 0 heterocycles. The van der Waals surface area contributed by atoms with Crippen molar-refractivity contribution < 1.29 is 50.1 Å². The quantitative estimate of drug-likeness (QED) is 0.0987. The van der Waals surface area contributed by atoms with Gasteiger partial charge in [-0.1, -0.05) is 97.6 Å². The predicted octanol–water partition coefficient (Wildman–Crippen LogP) is 4.40. The van der Waals surface area contributed by atoms with Gasteiger partial charge in [-0.25, -0.2) is 0 Å². The number of hydrogen-bond acceptors (Lipinski definition) is 8. The Labute approximate surface area is 273 Å². The first kappa shape index (κ1) is 38.3. The molecular weight excluding hydrogens is 592 g/mol. The largest absolute Gasteiger partial charge is 0.481 e. The molecule has 0 amide bonds. The number of Topliss-reactive ketones (excluding diaryl/α,β-unsaturated/α-hetero) is 1. The fraction of sp³-hybridized carbons (Fsp3) is 0.806. The van der Waals surface area contributed by atoms with Crippen LogP contribution in [0.5, 0.6) is 0 Å². The smallest absolute Gasteiger partial charge is 0.303 e. The molecule has 0 saturated heterocycles. The van der Waals surface area contributed by atoms with Gasteiger partial charge in [0.25, 0.3) is 0 Å². The van der Waals surface area contributed by atoms with Gasteiger partial charge in [0.1, 0.15) is 11.2 Å². The summed E-state index contributed by atoms with van der Waals surface area (Å²) in [7, 11) is 0. The van der Waals surface area contributed by atoms with E-state index in [4.69, 9.17) is 10.2 Å². The highest BCUT2D eigenvalue weighted by atomic mass is 16.4. The van der Waals surface area contributed by atoms with Gasteiger partial charge in [0.15, 0.2) is 5.78 Å². The van der Waals surface area contributed by atoms with E-state index in [2.05, 4.69) is 0 Å². The van der Waals surface area contributed by atoms with Gasteiger partial charge in [0.2, 0.25) is 0 Å². The Bertz CT molecular complexity index is 1180. The highest BCUT2D eigenvalue weighted by molar-refractivity contribution is 6.04. The van der Waals surface area contributed by atoms with E-state index in [0.717, 1.165) is 32.1 Å². The number of ketones is 1. The summed E-state index contributed by atoms with van der Waals surface area (Å²) >= 11 is 0. The molecule has 0 aromatic carbocycles. The summed E-state index contributed by atoms with van der Waals surface area (Å²) < 4.78 is 0. The lowest BCUT2D eigenvalue weighted by Gasteiger charge is -2.51. The third-order valence-electron chi connectivity index (χ3n) is 11.7. The lowest BCUT2D eigenvalue weighted by Crippen LogP contribution is -2.65. The molecule has 2 fully saturated rings. The second-order valence-corrected chi connectivity index (χ2v) is 15.2. The van der Waals surface area contributed by atoms with Crippen LogP contribution in [0.3, 0.4) is 0 Å². The summed E-state index contributed by atoms with van der Waals surface area (Å²) in [5.74, 6) is -4.23. The zero-order valence-corrected chi connectivity index (χ0v) is 28.4. The van der Waals surface area contributed by atoms with Crippen LogP contribution in [0.2, 0.25) is 0 Å². The molecule has 0 spiro atoms. The first-order valence-corrected chi connectivity index (χ1v) is 17.2. The van der Waals surface area contributed by atoms with Gasteiger partial charge in [-0.05, 0) is 30.4 Å². The maximum absolute atomic E-state index is 12.7. The van der Waals surface area contributed by atoms with Crippen LogP contribution < -0.4 is 0 Å². The Morgan fingerprint density at radius 1 is 0.913 bits per heavy atom. The molecule has 0 aromatic heterocycles. The van der Waals surface area contributed by atoms with Crippen molar-refractivity contribution in [3.05, 3.63) is 23.3 Å². The molecule has 9 atom stereocenters. The summed E-state index contributed by atoms with van der Waals surface area (Å²) in [6.07, 6.45) is 13.9. The highest BCUT2D eigenvalue weighted by Gasteiger charge is 2.84. The number of aliphatic hydroxyl groups excluding tert-OH is 2. The summed E-state index contributed by atoms with van der Waals surface area (Å²) in [4.78, 5) is 33.5. The number of aliphatic carboxylic acids is 2. The van der Waals surface area contributed by atoms with Crippen LogP contribution >= 0.6 is 0 Å². The summed E-state index contributed by atoms with van der Waals surface area (Å²) in [5.41, 5.74) is -4.57. The number of aliphatic hydroxyl groups is 5. The van der Waals surface area contributed by atoms with Gasteiger partial charge in [-0.15, -0.1) is 0 Å². The summed E-state index contributed by atoms with van der Waals surface area (Å²) in [6, 6.07) is 0. The first-order valence-electron chi connectivity index (χ1n) is 17.2. The Hall–Kier alpha value is -2.11. The van der Waals surface area contributed by atoms with Crippen LogP contribution in [0.15, 0.2) is 23.3 Å². The topological polar surface area (TPSA) is 193 Å². The van der Waals surface area contributed by atoms with Crippen molar-refractivity contribution >= 4 is 17.7 Å². The molecule has 4 aliphatic rings. The van der Waals surface area contributed by atoms with Crippen LogP contribution in [-0.2, 0) is 14.4 Å². The van der Waals surface area contributed by atoms with E-state index < -0.39 is 69.7 Å². The zero-order chi connectivity index (χ0) is 34.7. The maximum Gasteiger partial charge on any atom is 0.303 e. The van der Waals surface area contributed by atoms with E-state index in [-0.39, 0.29) is 19.4 Å². The number of carboxylic acids is 2. The first-order chi connectivity index (χ1) is 21.4. The maximum atomic E-state index is 12.7. The SMILES string of the molecule is CC(CCCCCCCCCCCC(=O)O)CC(=O)O.CC1=C[C@H]2[C@]3(O)[C@H](C)[C@@H](O)[C@@]4(O)[C@H]([C@@H]3C=C(CO)C[C@@]2(O)C1=O)C4(C)C. The van der Waals surface area contributed by atoms with Crippen LogP contribution in [0, 0.1) is 35.0 Å². The van der Waals surface area contributed by atoms with Crippen molar-refractivity contribution in [1.29, 1.82) is 0 Å². The molecule has 0 bridgehead atoms. The van der Waals surface area contributed by atoms with Crippen molar-refractivity contribution in [3.8, 4) is 0 Å². The van der Waals surface area contributed by atoms with E-state index >= 15 is 0 Å². The van der Waals surface area contributed by atoms with Gasteiger partial charge in [-0.3, -0.25) is 14.4 Å². The van der Waals surface area contributed by atoms with Crippen LogP contribution in [-0.4, -0.2) is 83.0 Å². The Kier molecular flexibility index (Phi) is 12.5. The number of fused-ring (bicyclic) bond motifs is 5. The number of rotatable bonds is 15.